The van der Waals surface area contributed by atoms with Gasteiger partial charge in [0, 0.05) is 21.2 Å². The highest BCUT2D eigenvalue weighted by Gasteiger charge is 2.17. The van der Waals surface area contributed by atoms with Crippen LogP contribution >= 0.6 is 15.9 Å². The molecule has 0 radical (unpaired) electrons. The Kier molecular flexibility index (Phi) is 5.26. The van der Waals surface area contributed by atoms with Crippen LogP contribution in [-0.4, -0.2) is 15.0 Å². The Hall–Kier alpha value is -4.41. The highest BCUT2D eigenvalue weighted by Crippen LogP contribution is 2.36. The van der Waals surface area contributed by atoms with E-state index in [2.05, 4.69) is 101 Å². The third kappa shape index (κ3) is 3.78. The summed E-state index contributed by atoms with van der Waals surface area (Å²) in [6.45, 7) is 0. The molecular formula is C33H20BrN3. The SMILES string of the molecule is Brc1ccc(-c2nc(-c3ccccc3)nc(-c3cc4ccccc4c4ccccc34)n2)c2ccccc12. The first-order valence-electron chi connectivity index (χ1n) is 12.2. The first-order valence-corrected chi connectivity index (χ1v) is 13.0. The van der Waals surface area contributed by atoms with Gasteiger partial charge in [-0.25, -0.2) is 15.0 Å². The van der Waals surface area contributed by atoms with E-state index < -0.39 is 0 Å². The zero-order valence-electron chi connectivity index (χ0n) is 19.8. The molecule has 37 heavy (non-hydrogen) atoms. The molecule has 1 heterocycles. The number of fused-ring (bicyclic) bond motifs is 4. The minimum Gasteiger partial charge on any atom is -0.208 e. The zero-order chi connectivity index (χ0) is 24.8. The molecule has 0 N–H and O–H groups in total. The second-order valence-electron chi connectivity index (χ2n) is 9.00. The van der Waals surface area contributed by atoms with Crippen LogP contribution in [-0.2, 0) is 0 Å². The van der Waals surface area contributed by atoms with Crippen molar-refractivity contribution in [2.45, 2.75) is 0 Å². The summed E-state index contributed by atoms with van der Waals surface area (Å²) in [4.78, 5) is 15.1. The molecule has 0 amide bonds. The van der Waals surface area contributed by atoms with Crippen LogP contribution in [0.4, 0.5) is 0 Å². The van der Waals surface area contributed by atoms with E-state index in [0.29, 0.717) is 17.5 Å². The maximum absolute atomic E-state index is 5.10. The van der Waals surface area contributed by atoms with E-state index in [1.807, 2.05) is 36.4 Å². The molecule has 3 nitrogen and oxygen atoms in total. The van der Waals surface area contributed by atoms with Gasteiger partial charge in [0.05, 0.1) is 0 Å². The summed E-state index contributed by atoms with van der Waals surface area (Å²) in [7, 11) is 0. The number of hydrogen-bond acceptors (Lipinski definition) is 3. The number of benzene rings is 6. The lowest BCUT2D eigenvalue weighted by Crippen LogP contribution is -2.01. The summed E-state index contributed by atoms with van der Waals surface area (Å²) in [6, 6.07) is 41.7. The minimum atomic E-state index is 0.657. The topological polar surface area (TPSA) is 38.7 Å². The Balaban J connectivity index is 1.56. The molecule has 0 bridgehead atoms. The van der Waals surface area contributed by atoms with E-state index in [1.54, 1.807) is 0 Å². The Morgan fingerprint density at radius 2 is 0.946 bits per heavy atom. The van der Waals surface area contributed by atoms with Crippen molar-refractivity contribution in [2.75, 3.05) is 0 Å². The predicted octanol–water partition coefficient (Wildman–Crippen LogP) is 9.09. The Labute approximate surface area is 222 Å². The Bertz CT molecular complexity index is 1950. The minimum absolute atomic E-state index is 0.657. The standard InChI is InChI=1S/C33H20BrN3/c34-30-19-18-28(26-16-8-9-17-27(26)30)32-35-31(21-10-2-1-3-11-21)36-33(37-32)29-20-22-12-4-5-13-23(22)24-14-6-7-15-25(24)29/h1-20H. The van der Waals surface area contributed by atoms with Gasteiger partial charge in [-0.2, -0.15) is 0 Å². The summed E-state index contributed by atoms with van der Waals surface area (Å²) in [5, 5.41) is 6.91. The van der Waals surface area contributed by atoms with Crippen molar-refractivity contribution in [2.24, 2.45) is 0 Å². The molecule has 7 rings (SSSR count). The lowest BCUT2D eigenvalue weighted by Gasteiger charge is -2.13. The van der Waals surface area contributed by atoms with E-state index >= 15 is 0 Å². The fraction of sp³-hybridized carbons (Fsp3) is 0. The van der Waals surface area contributed by atoms with Crippen molar-refractivity contribution >= 4 is 48.2 Å². The molecule has 6 aromatic carbocycles. The van der Waals surface area contributed by atoms with Crippen molar-refractivity contribution in [1.29, 1.82) is 0 Å². The molecule has 7 aromatic rings. The zero-order valence-corrected chi connectivity index (χ0v) is 21.4. The fourth-order valence-electron chi connectivity index (χ4n) is 5.03. The van der Waals surface area contributed by atoms with Gasteiger partial charge in [0.15, 0.2) is 17.5 Å². The first kappa shape index (κ1) is 21.8. The highest BCUT2D eigenvalue weighted by atomic mass is 79.9. The number of rotatable bonds is 3. The molecular weight excluding hydrogens is 518 g/mol. The lowest BCUT2D eigenvalue weighted by atomic mass is 9.96. The van der Waals surface area contributed by atoms with Gasteiger partial charge in [-0.3, -0.25) is 0 Å². The summed E-state index contributed by atoms with van der Waals surface area (Å²) >= 11 is 3.70. The number of halogens is 1. The van der Waals surface area contributed by atoms with Crippen molar-refractivity contribution in [3.8, 4) is 34.2 Å². The number of nitrogens with zero attached hydrogens (tertiary/aromatic N) is 3. The maximum Gasteiger partial charge on any atom is 0.164 e. The van der Waals surface area contributed by atoms with E-state index in [9.17, 15) is 0 Å². The van der Waals surface area contributed by atoms with E-state index in [-0.39, 0.29) is 0 Å². The molecule has 0 aliphatic carbocycles. The molecule has 0 spiro atoms. The summed E-state index contributed by atoms with van der Waals surface area (Å²) in [6.07, 6.45) is 0. The molecule has 0 aliphatic rings. The van der Waals surface area contributed by atoms with Crippen molar-refractivity contribution in [1.82, 2.24) is 15.0 Å². The van der Waals surface area contributed by atoms with Gasteiger partial charge >= 0.3 is 0 Å². The third-order valence-corrected chi connectivity index (χ3v) is 7.48. The van der Waals surface area contributed by atoms with Crippen molar-refractivity contribution < 1.29 is 0 Å². The van der Waals surface area contributed by atoms with Gasteiger partial charge in [-0.15, -0.1) is 0 Å². The molecule has 0 fully saturated rings. The molecule has 4 heteroatoms. The first-order chi connectivity index (χ1) is 18.3. The van der Waals surface area contributed by atoms with Crippen LogP contribution in [0.2, 0.25) is 0 Å². The van der Waals surface area contributed by atoms with Crippen molar-refractivity contribution in [3.05, 3.63) is 126 Å². The normalized spacial score (nSPS) is 11.4. The van der Waals surface area contributed by atoms with E-state index in [4.69, 9.17) is 15.0 Å². The predicted molar refractivity (Wildman–Crippen MR) is 156 cm³/mol. The van der Waals surface area contributed by atoms with Gasteiger partial charge < -0.3 is 0 Å². The van der Waals surface area contributed by atoms with E-state index in [1.165, 1.54) is 10.8 Å². The van der Waals surface area contributed by atoms with Gasteiger partial charge in [0.25, 0.3) is 0 Å². The average molecular weight is 538 g/mol. The van der Waals surface area contributed by atoms with Gasteiger partial charge in [0.1, 0.15) is 0 Å². The Morgan fingerprint density at radius 3 is 1.70 bits per heavy atom. The number of aromatic nitrogens is 3. The lowest BCUT2D eigenvalue weighted by molar-refractivity contribution is 1.08. The summed E-state index contributed by atoms with van der Waals surface area (Å²) in [5.74, 6) is 1.98. The second-order valence-corrected chi connectivity index (χ2v) is 9.86. The summed E-state index contributed by atoms with van der Waals surface area (Å²) < 4.78 is 1.05. The molecule has 0 saturated carbocycles. The average Bonchev–Trinajstić information content (AvgIpc) is 2.97. The highest BCUT2D eigenvalue weighted by molar-refractivity contribution is 9.10. The summed E-state index contributed by atoms with van der Waals surface area (Å²) in [5.41, 5.74) is 2.93. The van der Waals surface area contributed by atoms with Gasteiger partial charge in [-0.05, 0) is 50.5 Å². The van der Waals surface area contributed by atoms with Crippen LogP contribution < -0.4 is 0 Å². The maximum atomic E-state index is 5.10. The second kappa shape index (κ2) is 8.91. The van der Waals surface area contributed by atoms with Crippen LogP contribution in [0, 0.1) is 0 Å². The van der Waals surface area contributed by atoms with Crippen LogP contribution in [0.1, 0.15) is 0 Å². The number of hydrogen-bond donors (Lipinski definition) is 0. The quantitative estimate of drug-likeness (QED) is 0.211. The Morgan fingerprint density at radius 1 is 0.405 bits per heavy atom. The molecule has 0 saturated heterocycles. The van der Waals surface area contributed by atoms with Crippen LogP contribution in [0.25, 0.3) is 66.5 Å². The van der Waals surface area contributed by atoms with Crippen LogP contribution in [0.15, 0.2) is 126 Å². The third-order valence-electron chi connectivity index (χ3n) is 6.79. The van der Waals surface area contributed by atoms with Crippen LogP contribution in [0.5, 0.6) is 0 Å². The smallest absolute Gasteiger partial charge is 0.164 e. The molecule has 1 aromatic heterocycles. The van der Waals surface area contributed by atoms with E-state index in [0.717, 1.165) is 42.7 Å². The fourth-order valence-corrected chi connectivity index (χ4v) is 5.51. The largest absolute Gasteiger partial charge is 0.208 e. The van der Waals surface area contributed by atoms with Gasteiger partial charge in [0.2, 0.25) is 0 Å². The molecule has 0 unspecified atom stereocenters. The van der Waals surface area contributed by atoms with Crippen LogP contribution in [0.3, 0.4) is 0 Å². The molecule has 0 aliphatic heterocycles. The monoisotopic (exact) mass is 537 g/mol. The van der Waals surface area contributed by atoms with Gasteiger partial charge in [-0.1, -0.05) is 119 Å². The van der Waals surface area contributed by atoms with Crippen molar-refractivity contribution in [3.63, 3.8) is 0 Å². The molecule has 0 atom stereocenters. The molecule has 174 valence electrons.